The second kappa shape index (κ2) is 8.04. The number of ether oxygens (including phenoxy) is 1. The molecule has 0 amide bonds. The van der Waals surface area contributed by atoms with Crippen molar-refractivity contribution in [2.75, 3.05) is 33.3 Å². The molecule has 3 heteroatoms. The van der Waals surface area contributed by atoms with Crippen molar-refractivity contribution in [2.45, 2.75) is 51.7 Å². The highest BCUT2D eigenvalue weighted by Crippen LogP contribution is 2.13. The Labute approximate surface area is 101 Å². The van der Waals surface area contributed by atoms with Crippen LogP contribution in [0.1, 0.15) is 39.5 Å². The summed E-state index contributed by atoms with van der Waals surface area (Å²) in [5.41, 5.74) is 0. The lowest BCUT2D eigenvalue weighted by molar-refractivity contribution is 0.00550. The molecule has 0 aromatic heterocycles. The first-order valence-electron chi connectivity index (χ1n) is 6.77. The molecular weight excluding hydrogens is 200 g/mol. The fraction of sp³-hybridized carbons (Fsp3) is 1.00. The largest absolute Gasteiger partial charge is 0.377 e. The van der Waals surface area contributed by atoms with Crippen LogP contribution in [-0.2, 0) is 4.74 Å². The van der Waals surface area contributed by atoms with Crippen molar-refractivity contribution in [3.8, 4) is 0 Å². The Bertz CT molecular complexity index is 173. The molecular formula is C13H28N2O. The quantitative estimate of drug-likeness (QED) is 0.720. The molecule has 0 spiro atoms. The number of nitrogens with one attached hydrogen (secondary N) is 1. The van der Waals surface area contributed by atoms with Gasteiger partial charge in [0.15, 0.2) is 0 Å². The molecule has 16 heavy (non-hydrogen) atoms. The lowest BCUT2D eigenvalue weighted by Gasteiger charge is -2.32. The zero-order valence-corrected chi connectivity index (χ0v) is 11.2. The van der Waals surface area contributed by atoms with Crippen molar-refractivity contribution in [1.82, 2.24) is 10.2 Å². The van der Waals surface area contributed by atoms with Gasteiger partial charge in [0.2, 0.25) is 0 Å². The summed E-state index contributed by atoms with van der Waals surface area (Å²) < 4.78 is 5.71. The summed E-state index contributed by atoms with van der Waals surface area (Å²) in [6, 6.07) is 0.646. The molecule has 2 unspecified atom stereocenters. The van der Waals surface area contributed by atoms with Crippen molar-refractivity contribution >= 4 is 0 Å². The van der Waals surface area contributed by atoms with Gasteiger partial charge in [-0.2, -0.15) is 0 Å². The smallest absolute Gasteiger partial charge is 0.0702 e. The van der Waals surface area contributed by atoms with Crippen LogP contribution in [0.4, 0.5) is 0 Å². The van der Waals surface area contributed by atoms with E-state index < -0.39 is 0 Å². The number of rotatable bonds is 7. The average Bonchev–Trinajstić information content (AvgIpc) is 2.30. The average molecular weight is 228 g/mol. The maximum Gasteiger partial charge on any atom is 0.0702 e. The van der Waals surface area contributed by atoms with Crippen LogP contribution >= 0.6 is 0 Å². The number of likely N-dealkylation sites (tertiary alicyclic amines) is 1. The van der Waals surface area contributed by atoms with Crippen molar-refractivity contribution in [3.05, 3.63) is 0 Å². The van der Waals surface area contributed by atoms with E-state index in [1.807, 2.05) is 7.05 Å². The molecule has 0 aliphatic carbocycles. The summed E-state index contributed by atoms with van der Waals surface area (Å²) >= 11 is 0. The predicted molar refractivity (Wildman–Crippen MR) is 68.8 cm³/mol. The highest BCUT2D eigenvalue weighted by molar-refractivity contribution is 4.73. The molecule has 1 fully saturated rings. The second-order valence-electron chi connectivity index (χ2n) is 4.85. The van der Waals surface area contributed by atoms with Crippen LogP contribution < -0.4 is 5.32 Å². The van der Waals surface area contributed by atoms with Crippen LogP contribution in [0.25, 0.3) is 0 Å². The third-order valence-corrected chi connectivity index (χ3v) is 3.47. The van der Waals surface area contributed by atoms with Crippen molar-refractivity contribution < 1.29 is 4.74 Å². The van der Waals surface area contributed by atoms with Gasteiger partial charge >= 0.3 is 0 Å². The lowest BCUT2D eigenvalue weighted by Crippen LogP contribution is -2.40. The molecule has 0 radical (unpaired) electrons. The van der Waals surface area contributed by atoms with Crippen LogP contribution in [0.15, 0.2) is 0 Å². The van der Waals surface area contributed by atoms with Crippen molar-refractivity contribution in [1.29, 1.82) is 0 Å². The topological polar surface area (TPSA) is 24.5 Å². The van der Waals surface area contributed by atoms with Gasteiger partial charge in [-0.15, -0.1) is 0 Å². The van der Waals surface area contributed by atoms with Crippen LogP contribution in [0.3, 0.4) is 0 Å². The third kappa shape index (κ3) is 5.28. The molecule has 3 nitrogen and oxygen atoms in total. The Morgan fingerprint density at radius 3 is 3.00 bits per heavy atom. The van der Waals surface area contributed by atoms with E-state index in [1.165, 1.54) is 38.8 Å². The fourth-order valence-corrected chi connectivity index (χ4v) is 2.35. The Morgan fingerprint density at radius 1 is 1.50 bits per heavy atom. The Morgan fingerprint density at radius 2 is 2.31 bits per heavy atom. The van der Waals surface area contributed by atoms with E-state index in [-0.39, 0.29) is 0 Å². The van der Waals surface area contributed by atoms with Gasteiger partial charge in [-0.25, -0.2) is 0 Å². The molecule has 1 saturated heterocycles. The first kappa shape index (κ1) is 13.9. The number of nitrogens with zero attached hydrogens (tertiary/aromatic N) is 1. The minimum Gasteiger partial charge on any atom is -0.377 e. The molecule has 1 rings (SSSR count). The van der Waals surface area contributed by atoms with Gasteiger partial charge in [0, 0.05) is 19.2 Å². The third-order valence-electron chi connectivity index (χ3n) is 3.47. The Balaban J connectivity index is 2.11. The van der Waals surface area contributed by atoms with Crippen LogP contribution in [0.2, 0.25) is 0 Å². The van der Waals surface area contributed by atoms with Gasteiger partial charge in [-0.1, -0.05) is 0 Å². The SMILES string of the molecule is CCOC1CCCN(CCCC(C)NC)C1. The van der Waals surface area contributed by atoms with Gasteiger partial charge in [0.25, 0.3) is 0 Å². The number of hydrogen-bond donors (Lipinski definition) is 1. The zero-order valence-electron chi connectivity index (χ0n) is 11.2. The van der Waals surface area contributed by atoms with Gasteiger partial charge in [-0.3, -0.25) is 0 Å². The highest BCUT2D eigenvalue weighted by atomic mass is 16.5. The zero-order chi connectivity index (χ0) is 11.8. The second-order valence-corrected chi connectivity index (χ2v) is 4.85. The highest BCUT2D eigenvalue weighted by Gasteiger charge is 2.19. The minimum atomic E-state index is 0.487. The van der Waals surface area contributed by atoms with Gasteiger partial charge in [0.05, 0.1) is 6.10 Å². The molecule has 1 heterocycles. The summed E-state index contributed by atoms with van der Waals surface area (Å²) in [5.74, 6) is 0. The van der Waals surface area contributed by atoms with E-state index in [0.29, 0.717) is 12.1 Å². The van der Waals surface area contributed by atoms with Crippen molar-refractivity contribution in [3.63, 3.8) is 0 Å². The molecule has 1 aliphatic rings. The normalized spacial score (nSPS) is 24.6. The van der Waals surface area contributed by atoms with Crippen LogP contribution in [0, 0.1) is 0 Å². The van der Waals surface area contributed by atoms with E-state index in [2.05, 4.69) is 24.1 Å². The molecule has 0 saturated carbocycles. The molecule has 96 valence electrons. The maximum absolute atomic E-state index is 5.71. The van der Waals surface area contributed by atoms with E-state index in [1.54, 1.807) is 0 Å². The number of piperidine rings is 1. The minimum absolute atomic E-state index is 0.487. The number of hydrogen-bond acceptors (Lipinski definition) is 3. The summed E-state index contributed by atoms with van der Waals surface area (Å²) in [6.07, 6.45) is 5.59. The molecule has 0 aromatic rings. The molecule has 1 N–H and O–H groups in total. The summed E-state index contributed by atoms with van der Waals surface area (Å²) in [5, 5.41) is 3.29. The lowest BCUT2D eigenvalue weighted by atomic mass is 10.1. The maximum atomic E-state index is 5.71. The Kier molecular flexibility index (Phi) is 7.01. The van der Waals surface area contributed by atoms with E-state index >= 15 is 0 Å². The monoisotopic (exact) mass is 228 g/mol. The molecule has 0 aromatic carbocycles. The molecule has 2 atom stereocenters. The first-order chi connectivity index (χ1) is 7.76. The first-order valence-corrected chi connectivity index (χ1v) is 6.77. The van der Waals surface area contributed by atoms with Crippen LogP contribution in [-0.4, -0.2) is 50.3 Å². The van der Waals surface area contributed by atoms with Crippen LogP contribution in [0.5, 0.6) is 0 Å². The van der Waals surface area contributed by atoms with Crippen molar-refractivity contribution in [2.24, 2.45) is 0 Å². The predicted octanol–water partition coefficient (Wildman–Crippen LogP) is 1.88. The summed E-state index contributed by atoms with van der Waals surface area (Å²) in [7, 11) is 2.04. The van der Waals surface area contributed by atoms with Gasteiger partial charge < -0.3 is 15.0 Å². The molecule has 1 aliphatic heterocycles. The van der Waals surface area contributed by atoms with Gasteiger partial charge in [0.1, 0.15) is 0 Å². The van der Waals surface area contributed by atoms with E-state index in [0.717, 1.165) is 13.2 Å². The standard InChI is InChI=1S/C13H28N2O/c1-4-16-13-8-6-10-15(11-13)9-5-7-12(2)14-3/h12-14H,4-11H2,1-3H3. The Hall–Kier alpha value is -0.120. The molecule has 0 bridgehead atoms. The summed E-state index contributed by atoms with van der Waals surface area (Å²) in [6.45, 7) is 8.83. The van der Waals surface area contributed by atoms with E-state index in [9.17, 15) is 0 Å². The van der Waals surface area contributed by atoms with Gasteiger partial charge in [-0.05, 0) is 59.7 Å². The van der Waals surface area contributed by atoms with E-state index in [4.69, 9.17) is 4.74 Å². The summed E-state index contributed by atoms with van der Waals surface area (Å²) in [4.78, 5) is 2.56. The fourth-order valence-electron chi connectivity index (χ4n) is 2.35.